The van der Waals surface area contributed by atoms with Gasteiger partial charge in [-0.15, -0.1) is 0 Å². The molecule has 0 spiro atoms. The van der Waals surface area contributed by atoms with Crippen molar-refractivity contribution < 1.29 is 9.65 Å². The largest absolute Gasteiger partial charge is 0.618 e. The van der Waals surface area contributed by atoms with E-state index in [0.29, 0.717) is 14.9 Å². The van der Waals surface area contributed by atoms with Crippen LogP contribution in [0.4, 0.5) is 5.00 Å². The zero-order valence-corrected chi connectivity index (χ0v) is 9.38. The molecule has 0 aliphatic rings. The number of nitro groups is 1. The van der Waals surface area contributed by atoms with Crippen LogP contribution in [0.3, 0.4) is 0 Å². The van der Waals surface area contributed by atoms with Gasteiger partial charge in [0.2, 0.25) is 0 Å². The van der Waals surface area contributed by atoms with E-state index in [9.17, 15) is 15.3 Å². The Morgan fingerprint density at radius 3 is 2.88 bits per heavy atom. The SMILES string of the molecule is O=[N+]([O-])c1cc2c3cscc3c[n+]([O-])c2s1. The van der Waals surface area contributed by atoms with Crippen molar-refractivity contribution in [2.24, 2.45) is 0 Å². The topological polar surface area (TPSA) is 70.1 Å². The lowest BCUT2D eigenvalue weighted by atomic mass is 10.2. The van der Waals surface area contributed by atoms with Gasteiger partial charge in [0, 0.05) is 28.2 Å². The van der Waals surface area contributed by atoms with Crippen molar-refractivity contribution in [3.8, 4) is 0 Å². The van der Waals surface area contributed by atoms with Crippen molar-refractivity contribution in [1.82, 2.24) is 0 Å². The molecule has 0 bridgehead atoms. The van der Waals surface area contributed by atoms with E-state index in [4.69, 9.17) is 0 Å². The average Bonchev–Trinajstić information content (AvgIpc) is 2.80. The van der Waals surface area contributed by atoms with Crippen LogP contribution >= 0.6 is 22.7 Å². The highest BCUT2D eigenvalue weighted by atomic mass is 32.1. The molecule has 0 aromatic carbocycles. The summed E-state index contributed by atoms with van der Waals surface area (Å²) in [5.41, 5.74) is 0. The van der Waals surface area contributed by atoms with Gasteiger partial charge in [-0.25, -0.2) is 0 Å². The second-order valence-electron chi connectivity index (χ2n) is 3.26. The molecular formula is C9H4N2O3S2. The molecule has 7 heteroatoms. The summed E-state index contributed by atoms with van der Waals surface area (Å²) >= 11 is 2.38. The highest BCUT2D eigenvalue weighted by Gasteiger charge is 2.20. The molecule has 0 saturated heterocycles. The summed E-state index contributed by atoms with van der Waals surface area (Å²) in [5, 5.41) is 28.4. The molecule has 0 unspecified atom stereocenters. The monoisotopic (exact) mass is 252 g/mol. The summed E-state index contributed by atoms with van der Waals surface area (Å²) in [5.74, 6) is 0. The summed E-state index contributed by atoms with van der Waals surface area (Å²) in [6.07, 6.45) is 1.45. The van der Waals surface area contributed by atoms with Crippen LogP contribution in [0.5, 0.6) is 0 Å². The van der Waals surface area contributed by atoms with Gasteiger partial charge in [-0.3, -0.25) is 10.1 Å². The van der Waals surface area contributed by atoms with Gasteiger partial charge in [-0.2, -0.15) is 16.1 Å². The van der Waals surface area contributed by atoms with Crippen LogP contribution in [-0.2, 0) is 0 Å². The van der Waals surface area contributed by atoms with Crippen LogP contribution in [-0.4, -0.2) is 4.92 Å². The number of nitrogens with zero attached hydrogens (tertiary/aromatic N) is 2. The summed E-state index contributed by atoms with van der Waals surface area (Å²) in [6, 6.07) is 1.46. The second-order valence-corrected chi connectivity index (χ2v) is 5.01. The van der Waals surface area contributed by atoms with Crippen LogP contribution in [0, 0.1) is 15.3 Å². The maximum atomic E-state index is 11.6. The third-order valence-electron chi connectivity index (χ3n) is 2.32. The van der Waals surface area contributed by atoms with Crippen molar-refractivity contribution in [2.75, 3.05) is 0 Å². The van der Waals surface area contributed by atoms with Gasteiger partial charge >= 0.3 is 5.00 Å². The number of fused-ring (bicyclic) bond motifs is 3. The zero-order chi connectivity index (χ0) is 11.3. The summed E-state index contributed by atoms with van der Waals surface area (Å²) in [7, 11) is 0. The second kappa shape index (κ2) is 3.13. The molecule has 0 aliphatic heterocycles. The van der Waals surface area contributed by atoms with E-state index in [0.717, 1.165) is 22.1 Å². The highest BCUT2D eigenvalue weighted by Crippen LogP contribution is 2.34. The lowest BCUT2D eigenvalue weighted by Crippen LogP contribution is -2.24. The summed E-state index contributed by atoms with van der Waals surface area (Å²) in [4.78, 5) is 10.6. The molecule has 0 aliphatic carbocycles. The Morgan fingerprint density at radius 1 is 1.31 bits per heavy atom. The van der Waals surface area contributed by atoms with E-state index in [1.807, 2.05) is 10.8 Å². The van der Waals surface area contributed by atoms with Crippen molar-refractivity contribution in [3.63, 3.8) is 0 Å². The highest BCUT2D eigenvalue weighted by molar-refractivity contribution is 7.21. The van der Waals surface area contributed by atoms with E-state index in [1.54, 1.807) is 0 Å². The molecule has 0 radical (unpaired) electrons. The van der Waals surface area contributed by atoms with E-state index in [2.05, 4.69) is 0 Å². The van der Waals surface area contributed by atoms with Gasteiger partial charge in [-0.05, 0) is 5.38 Å². The zero-order valence-electron chi connectivity index (χ0n) is 7.75. The predicted octanol–water partition coefficient (Wildman–Crippen LogP) is 2.66. The first-order valence-corrected chi connectivity index (χ1v) is 6.09. The van der Waals surface area contributed by atoms with Crippen LogP contribution in [0.1, 0.15) is 0 Å². The minimum absolute atomic E-state index is 0.00157. The molecule has 0 fully saturated rings. The van der Waals surface area contributed by atoms with Crippen LogP contribution in [0.2, 0.25) is 0 Å². The fourth-order valence-corrected chi connectivity index (χ4v) is 3.30. The molecule has 0 amide bonds. The van der Waals surface area contributed by atoms with Crippen molar-refractivity contribution in [2.45, 2.75) is 0 Å². The first kappa shape index (κ1) is 9.49. The Bertz CT molecular complexity index is 716. The van der Waals surface area contributed by atoms with Crippen molar-refractivity contribution in [1.29, 1.82) is 0 Å². The summed E-state index contributed by atoms with van der Waals surface area (Å²) < 4.78 is 0.696. The van der Waals surface area contributed by atoms with E-state index < -0.39 is 4.92 Å². The predicted molar refractivity (Wildman–Crippen MR) is 62.8 cm³/mol. The number of hydrogen-bond acceptors (Lipinski definition) is 5. The van der Waals surface area contributed by atoms with E-state index in [-0.39, 0.29) is 5.00 Å². The van der Waals surface area contributed by atoms with Gasteiger partial charge in [0.1, 0.15) is 0 Å². The Hall–Kier alpha value is -1.73. The van der Waals surface area contributed by atoms with Crippen molar-refractivity contribution in [3.05, 3.63) is 38.3 Å². The first-order chi connectivity index (χ1) is 7.66. The normalized spacial score (nSPS) is 11.2. The van der Waals surface area contributed by atoms with E-state index in [1.165, 1.54) is 23.6 Å². The van der Waals surface area contributed by atoms with Crippen molar-refractivity contribution >= 4 is 48.7 Å². The maximum Gasteiger partial charge on any atom is 0.330 e. The third kappa shape index (κ3) is 1.18. The first-order valence-electron chi connectivity index (χ1n) is 4.33. The molecule has 3 aromatic rings. The number of pyridine rings is 1. The Balaban J connectivity index is 2.51. The Labute approximate surface area is 96.9 Å². The number of hydrogen-bond donors (Lipinski definition) is 0. The number of thiophene rings is 2. The van der Waals surface area contributed by atoms with Gasteiger partial charge < -0.3 is 5.21 Å². The number of rotatable bonds is 1. The van der Waals surface area contributed by atoms with Gasteiger partial charge in [-0.1, -0.05) is 0 Å². The Kier molecular flexibility index (Phi) is 1.86. The molecule has 0 atom stereocenters. The molecule has 16 heavy (non-hydrogen) atoms. The van der Waals surface area contributed by atoms with Gasteiger partial charge in [0.05, 0.1) is 15.7 Å². The molecule has 3 rings (SSSR count). The standard InChI is InChI=1S/C9H4N2O3S2/c12-10-2-5-3-15-4-7(5)6-1-8(11(13)14)16-9(6)10/h1-4H. The fraction of sp³-hybridized carbons (Fsp3) is 0. The van der Waals surface area contributed by atoms with Gasteiger partial charge in [0.25, 0.3) is 4.83 Å². The smallest absolute Gasteiger partial charge is 0.330 e. The third-order valence-corrected chi connectivity index (χ3v) is 4.15. The molecule has 80 valence electrons. The van der Waals surface area contributed by atoms with Crippen LogP contribution < -0.4 is 4.73 Å². The van der Waals surface area contributed by atoms with Gasteiger partial charge in [0.15, 0.2) is 6.20 Å². The molecule has 0 N–H and O–H groups in total. The molecule has 5 nitrogen and oxygen atoms in total. The lowest BCUT2D eigenvalue weighted by molar-refractivity contribution is -0.573. The maximum absolute atomic E-state index is 11.6. The lowest BCUT2D eigenvalue weighted by Gasteiger charge is -1.96. The summed E-state index contributed by atoms with van der Waals surface area (Å²) in [6.45, 7) is 0. The Morgan fingerprint density at radius 2 is 2.12 bits per heavy atom. The fourth-order valence-electron chi connectivity index (χ4n) is 1.63. The molecule has 3 aromatic heterocycles. The van der Waals surface area contributed by atoms with Crippen LogP contribution in [0.25, 0.3) is 21.0 Å². The van der Waals surface area contributed by atoms with Crippen LogP contribution in [0.15, 0.2) is 23.0 Å². The molecular weight excluding hydrogens is 248 g/mol. The minimum atomic E-state index is -0.469. The molecule has 0 saturated carbocycles. The van der Waals surface area contributed by atoms with E-state index >= 15 is 0 Å². The quantitative estimate of drug-likeness (QED) is 0.289. The number of aromatic nitrogens is 1. The average molecular weight is 252 g/mol. The minimum Gasteiger partial charge on any atom is -0.618 e. The molecule has 3 heterocycles.